The van der Waals surface area contributed by atoms with Gasteiger partial charge in [0.05, 0.1) is 19.8 Å². The first-order valence-electron chi connectivity index (χ1n) is 7.16. The fraction of sp³-hybridized carbons (Fsp3) is 0.167. The van der Waals surface area contributed by atoms with Gasteiger partial charge in [0, 0.05) is 28.4 Å². The number of benzene rings is 2. The number of halogens is 1. The Morgan fingerprint density at radius 3 is 2.38 bits per heavy atom. The highest BCUT2D eigenvalue weighted by Crippen LogP contribution is 2.36. The topological polar surface area (TPSA) is 68.9 Å². The van der Waals surface area contributed by atoms with E-state index in [1.165, 1.54) is 13.2 Å². The summed E-state index contributed by atoms with van der Waals surface area (Å²) in [5, 5.41) is 11.5. The number of ether oxygens (including phenoxy) is 2. The molecule has 124 valence electrons. The first kappa shape index (κ1) is 16.4. The molecule has 24 heavy (non-hydrogen) atoms. The molecule has 3 rings (SSSR count). The zero-order valence-electron chi connectivity index (χ0n) is 13.1. The molecule has 0 unspecified atom stereocenters. The molecule has 0 aliphatic rings. The number of phenols is 1. The van der Waals surface area contributed by atoms with Gasteiger partial charge in [-0.2, -0.15) is 0 Å². The van der Waals surface area contributed by atoms with Crippen molar-refractivity contribution in [3.63, 3.8) is 0 Å². The van der Waals surface area contributed by atoms with Gasteiger partial charge in [0.1, 0.15) is 22.8 Å². The molecule has 0 radical (unpaired) electrons. The molecular weight excluding hydrogens is 376 g/mol. The Bertz CT molecular complexity index is 962. The van der Waals surface area contributed by atoms with E-state index in [-0.39, 0.29) is 5.75 Å². The second-order valence-corrected chi connectivity index (χ2v) is 5.68. The first-order valence-corrected chi connectivity index (χ1v) is 8.28. The van der Waals surface area contributed by atoms with Gasteiger partial charge in [0.2, 0.25) is 0 Å². The van der Waals surface area contributed by atoms with Gasteiger partial charge >= 0.3 is 5.63 Å². The van der Waals surface area contributed by atoms with Crippen LogP contribution in [0.1, 0.15) is 5.56 Å². The van der Waals surface area contributed by atoms with Crippen LogP contribution in [0.15, 0.2) is 45.6 Å². The van der Waals surface area contributed by atoms with Crippen LogP contribution in [-0.2, 0) is 5.33 Å². The molecule has 0 aliphatic carbocycles. The largest absolute Gasteiger partial charge is 0.507 e. The Morgan fingerprint density at radius 2 is 1.75 bits per heavy atom. The summed E-state index contributed by atoms with van der Waals surface area (Å²) in [5.74, 6) is 1.06. The standard InChI is InChI=1S/C18H15BrO5/c1-22-10-4-6-13(15(20)7-10)17-14(9-19)12-5-3-11(23-2)8-16(12)24-18(17)21/h3-8,20H,9H2,1-2H3. The van der Waals surface area contributed by atoms with Crippen LogP contribution in [-0.4, -0.2) is 19.3 Å². The van der Waals surface area contributed by atoms with Crippen molar-refractivity contribution in [1.29, 1.82) is 0 Å². The van der Waals surface area contributed by atoms with Gasteiger partial charge in [-0.3, -0.25) is 0 Å². The lowest BCUT2D eigenvalue weighted by atomic mass is 9.98. The van der Waals surface area contributed by atoms with E-state index in [9.17, 15) is 9.90 Å². The number of aromatic hydroxyl groups is 1. The summed E-state index contributed by atoms with van der Waals surface area (Å²) in [4.78, 5) is 12.5. The molecule has 6 heteroatoms. The molecule has 0 spiro atoms. The molecule has 0 saturated heterocycles. The van der Waals surface area contributed by atoms with Gasteiger partial charge in [-0.25, -0.2) is 4.79 Å². The maximum absolute atomic E-state index is 12.5. The van der Waals surface area contributed by atoms with Crippen molar-refractivity contribution < 1.29 is 19.0 Å². The van der Waals surface area contributed by atoms with Crippen LogP contribution < -0.4 is 15.1 Å². The van der Waals surface area contributed by atoms with E-state index in [1.54, 1.807) is 31.4 Å². The summed E-state index contributed by atoms with van der Waals surface area (Å²) in [6.45, 7) is 0. The zero-order valence-corrected chi connectivity index (χ0v) is 14.7. The van der Waals surface area contributed by atoms with Crippen LogP contribution >= 0.6 is 15.9 Å². The molecule has 0 fully saturated rings. The van der Waals surface area contributed by atoms with Crippen molar-refractivity contribution in [3.05, 3.63) is 52.4 Å². The Labute approximate surface area is 146 Å². The van der Waals surface area contributed by atoms with Crippen LogP contribution in [0.3, 0.4) is 0 Å². The number of alkyl halides is 1. The number of rotatable bonds is 4. The lowest BCUT2D eigenvalue weighted by Gasteiger charge is -2.12. The Hall–Kier alpha value is -2.47. The molecule has 0 amide bonds. The number of phenolic OH excluding ortho intramolecular Hbond substituents is 1. The maximum atomic E-state index is 12.5. The monoisotopic (exact) mass is 390 g/mol. The van der Waals surface area contributed by atoms with E-state index >= 15 is 0 Å². The highest BCUT2D eigenvalue weighted by atomic mass is 79.9. The van der Waals surface area contributed by atoms with Gasteiger partial charge < -0.3 is 19.0 Å². The lowest BCUT2D eigenvalue weighted by Crippen LogP contribution is -2.07. The van der Waals surface area contributed by atoms with Crippen LogP contribution in [0.5, 0.6) is 17.2 Å². The second-order valence-electron chi connectivity index (χ2n) is 5.12. The van der Waals surface area contributed by atoms with E-state index in [4.69, 9.17) is 13.9 Å². The fourth-order valence-corrected chi connectivity index (χ4v) is 3.22. The molecule has 5 nitrogen and oxygen atoms in total. The summed E-state index contributed by atoms with van der Waals surface area (Å²) >= 11 is 3.43. The smallest absolute Gasteiger partial charge is 0.344 e. The molecule has 0 saturated carbocycles. The minimum Gasteiger partial charge on any atom is -0.507 e. The second kappa shape index (κ2) is 6.57. The average Bonchev–Trinajstić information content (AvgIpc) is 2.60. The molecule has 0 aliphatic heterocycles. The molecule has 2 aromatic carbocycles. The highest BCUT2D eigenvalue weighted by Gasteiger charge is 2.19. The number of fused-ring (bicyclic) bond motifs is 1. The number of methoxy groups -OCH3 is 2. The van der Waals surface area contributed by atoms with Crippen LogP contribution in [0, 0.1) is 0 Å². The third-order valence-corrected chi connectivity index (χ3v) is 4.39. The third kappa shape index (κ3) is 2.73. The van der Waals surface area contributed by atoms with Crippen molar-refractivity contribution in [2.24, 2.45) is 0 Å². The molecule has 1 aromatic heterocycles. The molecule has 0 bridgehead atoms. The fourth-order valence-electron chi connectivity index (χ4n) is 2.63. The van der Waals surface area contributed by atoms with Crippen LogP contribution in [0.2, 0.25) is 0 Å². The summed E-state index contributed by atoms with van der Waals surface area (Å²) in [6, 6.07) is 10.1. The SMILES string of the molecule is COc1ccc(-c2c(CBr)c3ccc(OC)cc3oc2=O)c(O)c1. The number of hydrogen-bond acceptors (Lipinski definition) is 5. The van der Waals surface area contributed by atoms with E-state index in [0.717, 1.165) is 10.9 Å². The van der Waals surface area contributed by atoms with Crippen molar-refractivity contribution in [3.8, 4) is 28.4 Å². The molecule has 0 atom stereocenters. The van der Waals surface area contributed by atoms with Crippen LogP contribution in [0.25, 0.3) is 22.1 Å². The first-order chi connectivity index (χ1) is 11.6. The van der Waals surface area contributed by atoms with E-state index in [2.05, 4.69) is 15.9 Å². The predicted molar refractivity (Wildman–Crippen MR) is 95.3 cm³/mol. The quantitative estimate of drug-likeness (QED) is 0.536. The van der Waals surface area contributed by atoms with Gasteiger partial charge in [-0.05, 0) is 29.8 Å². The lowest BCUT2D eigenvalue weighted by molar-refractivity contribution is 0.408. The average molecular weight is 391 g/mol. The maximum Gasteiger partial charge on any atom is 0.344 e. The minimum absolute atomic E-state index is 0.0447. The zero-order chi connectivity index (χ0) is 17.3. The van der Waals surface area contributed by atoms with Crippen molar-refractivity contribution in [1.82, 2.24) is 0 Å². The Balaban J connectivity index is 2.32. The van der Waals surface area contributed by atoms with Gasteiger partial charge in [0.15, 0.2) is 0 Å². The summed E-state index contributed by atoms with van der Waals surface area (Å²) in [7, 11) is 3.06. The van der Waals surface area contributed by atoms with E-state index in [1.807, 2.05) is 6.07 Å². The van der Waals surface area contributed by atoms with Crippen molar-refractivity contribution >= 4 is 26.9 Å². The Morgan fingerprint density at radius 1 is 1.08 bits per heavy atom. The summed E-state index contributed by atoms with van der Waals surface area (Å²) in [5.41, 5.74) is 1.38. The number of hydrogen-bond donors (Lipinski definition) is 1. The summed E-state index contributed by atoms with van der Waals surface area (Å²) in [6.07, 6.45) is 0. The Kier molecular flexibility index (Phi) is 4.49. The highest BCUT2D eigenvalue weighted by molar-refractivity contribution is 9.08. The summed E-state index contributed by atoms with van der Waals surface area (Å²) < 4.78 is 15.7. The third-order valence-electron chi connectivity index (χ3n) is 3.83. The molecular formula is C18H15BrO5. The predicted octanol–water partition coefficient (Wildman–Crippen LogP) is 4.08. The molecule has 1 heterocycles. The normalized spacial score (nSPS) is 10.8. The van der Waals surface area contributed by atoms with Crippen molar-refractivity contribution in [2.75, 3.05) is 14.2 Å². The van der Waals surface area contributed by atoms with Gasteiger partial charge in [-0.1, -0.05) is 15.9 Å². The van der Waals surface area contributed by atoms with E-state index in [0.29, 0.717) is 33.5 Å². The molecule has 3 aromatic rings. The van der Waals surface area contributed by atoms with Crippen LogP contribution in [0.4, 0.5) is 0 Å². The molecule has 1 N–H and O–H groups in total. The van der Waals surface area contributed by atoms with Gasteiger partial charge in [-0.15, -0.1) is 0 Å². The van der Waals surface area contributed by atoms with Gasteiger partial charge in [0.25, 0.3) is 0 Å². The van der Waals surface area contributed by atoms with Crippen molar-refractivity contribution in [2.45, 2.75) is 5.33 Å². The van der Waals surface area contributed by atoms with E-state index < -0.39 is 5.63 Å². The minimum atomic E-state index is -0.523.